The number of Topliss-reactive ketones (excluding diaryl/α,β-unsaturated/α-hetero) is 1. The van der Waals surface area contributed by atoms with Crippen molar-refractivity contribution >= 4 is 16.8 Å². The Labute approximate surface area is 191 Å². The standard InChI is InChI=1S/C27H25FN4O/c1-15-21-9-8-20-25(17-3-10-22-23(13-17)30-14-29-22)31-16(2)32-26(20)27(21,12-11-24(15)33)18-4-6-19(28)7-5-18/h3-7,10,13-15,21H,8-9,11-12H2,1-2H3,(H,29,30)/t15-,21-,27+/m0/s1. The monoisotopic (exact) mass is 440 g/mol. The van der Waals surface area contributed by atoms with Gasteiger partial charge in [0.05, 0.1) is 28.7 Å². The lowest BCUT2D eigenvalue weighted by Crippen LogP contribution is -2.50. The third kappa shape index (κ3) is 2.96. The molecule has 2 heterocycles. The Balaban J connectivity index is 1.62. The zero-order chi connectivity index (χ0) is 22.7. The van der Waals surface area contributed by atoms with E-state index >= 15 is 0 Å². The Bertz CT molecular complexity index is 1390. The maximum atomic E-state index is 13.9. The van der Waals surface area contributed by atoms with Crippen molar-refractivity contribution in [2.24, 2.45) is 11.8 Å². The van der Waals surface area contributed by atoms with Crippen LogP contribution in [0.25, 0.3) is 22.3 Å². The van der Waals surface area contributed by atoms with E-state index in [0.717, 1.165) is 52.0 Å². The second kappa shape index (κ2) is 7.30. The molecular formula is C27H25FN4O. The van der Waals surface area contributed by atoms with E-state index in [0.29, 0.717) is 24.4 Å². The van der Waals surface area contributed by atoms with Crippen LogP contribution in [0.1, 0.15) is 48.8 Å². The smallest absolute Gasteiger partial charge is 0.136 e. The van der Waals surface area contributed by atoms with Crippen molar-refractivity contribution in [2.45, 2.75) is 44.9 Å². The van der Waals surface area contributed by atoms with Crippen molar-refractivity contribution in [3.05, 3.63) is 77.3 Å². The predicted molar refractivity (Wildman–Crippen MR) is 124 cm³/mol. The molecule has 1 fully saturated rings. The van der Waals surface area contributed by atoms with Crippen LogP contribution in [0.5, 0.6) is 0 Å². The first-order valence-electron chi connectivity index (χ1n) is 11.6. The molecule has 0 amide bonds. The highest BCUT2D eigenvalue weighted by molar-refractivity contribution is 5.84. The van der Waals surface area contributed by atoms with Gasteiger partial charge in [0.1, 0.15) is 17.4 Å². The highest BCUT2D eigenvalue weighted by Crippen LogP contribution is 2.55. The number of benzene rings is 2. The zero-order valence-electron chi connectivity index (χ0n) is 18.7. The molecule has 0 bridgehead atoms. The predicted octanol–water partition coefficient (Wildman–Crippen LogP) is 5.31. The van der Waals surface area contributed by atoms with Crippen molar-refractivity contribution in [3.8, 4) is 11.3 Å². The number of carbonyl (C=O) groups excluding carboxylic acids is 1. The first kappa shape index (κ1) is 20.2. The van der Waals surface area contributed by atoms with E-state index in [4.69, 9.17) is 9.97 Å². The summed E-state index contributed by atoms with van der Waals surface area (Å²) >= 11 is 0. The van der Waals surface area contributed by atoms with Crippen LogP contribution in [0, 0.1) is 24.6 Å². The molecule has 6 heteroatoms. The van der Waals surface area contributed by atoms with Crippen molar-refractivity contribution in [1.29, 1.82) is 0 Å². The van der Waals surface area contributed by atoms with Crippen molar-refractivity contribution < 1.29 is 9.18 Å². The van der Waals surface area contributed by atoms with Gasteiger partial charge in [-0.05, 0) is 61.9 Å². The number of rotatable bonds is 2. The molecule has 0 radical (unpaired) electrons. The lowest BCUT2D eigenvalue weighted by atomic mass is 9.52. The minimum Gasteiger partial charge on any atom is -0.345 e. The third-order valence-electron chi connectivity index (χ3n) is 7.81. The summed E-state index contributed by atoms with van der Waals surface area (Å²) in [5.41, 5.74) is 6.63. The van der Waals surface area contributed by atoms with Gasteiger partial charge >= 0.3 is 0 Å². The zero-order valence-corrected chi connectivity index (χ0v) is 18.7. The van der Waals surface area contributed by atoms with E-state index in [1.807, 2.05) is 25.1 Å². The number of imidazole rings is 1. The quantitative estimate of drug-likeness (QED) is 0.458. The maximum Gasteiger partial charge on any atom is 0.136 e. The number of nitrogens with zero attached hydrogens (tertiary/aromatic N) is 3. The van der Waals surface area contributed by atoms with Gasteiger partial charge in [0.25, 0.3) is 0 Å². The van der Waals surface area contributed by atoms with Crippen molar-refractivity contribution in [3.63, 3.8) is 0 Å². The molecule has 2 aliphatic carbocycles. The number of aromatic nitrogens is 4. The molecule has 6 rings (SSSR count). The van der Waals surface area contributed by atoms with Crippen LogP contribution in [0.3, 0.4) is 0 Å². The fourth-order valence-electron chi connectivity index (χ4n) is 6.24. The number of fused-ring (bicyclic) bond motifs is 4. The highest BCUT2D eigenvalue weighted by atomic mass is 19.1. The van der Waals surface area contributed by atoms with Gasteiger partial charge < -0.3 is 4.98 Å². The minimum absolute atomic E-state index is 0.0583. The summed E-state index contributed by atoms with van der Waals surface area (Å²) < 4.78 is 13.9. The van der Waals surface area contributed by atoms with Gasteiger partial charge in [-0.25, -0.2) is 19.3 Å². The van der Waals surface area contributed by atoms with Gasteiger partial charge in [-0.15, -0.1) is 0 Å². The summed E-state index contributed by atoms with van der Waals surface area (Å²) in [6.45, 7) is 3.98. The molecule has 5 nitrogen and oxygen atoms in total. The molecule has 0 saturated heterocycles. The Morgan fingerprint density at radius 1 is 1.09 bits per heavy atom. The number of hydrogen-bond acceptors (Lipinski definition) is 4. The summed E-state index contributed by atoms with van der Waals surface area (Å²) in [7, 11) is 0. The number of nitrogens with one attached hydrogen (secondary N) is 1. The third-order valence-corrected chi connectivity index (χ3v) is 7.81. The van der Waals surface area contributed by atoms with Crippen LogP contribution >= 0.6 is 0 Å². The van der Waals surface area contributed by atoms with Gasteiger partial charge in [-0.2, -0.15) is 0 Å². The maximum absolute atomic E-state index is 13.9. The highest BCUT2D eigenvalue weighted by Gasteiger charge is 2.53. The summed E-state index contributed by atoms with van der Waals surface area (Å²) in [6.07, 6.45) is 4.59. The molecule has 1 saturated carbocycles. The molecule has 2 aromatic carbocycles. The fourth-order valence-corrected chi connectivity index (χ4v) is 6.24. The molecular weight excluding hydrogens is 415 g/mol. The number of aryl methyl sites for hydroxylation is 1. The summed E-state index contributed by atoms with van der Waals surface area (Å²) in [5, 5.41) is 0. The van der Waals surface area contributed by atoms with Crippen LogP contribution in [-0.2, 0) is 16.6 Å². The molecule has 0 unspecified atom stereocenters. The first-order valence-corrected chi connectivity index (χ1v) is 11.6. The molecule has 166 valence electrons. The van der Waals surface area contributed by atoms with E-state index in [1.165, 1.54) is 12.1 Å². The summed E-state index contributed by atoms with van der Waals surface area (Å²) in [6, 6.07) is 13.0. The van der Waals surface area contributed by atoms with E-state index in [1.54, 1.807) is 6.33 Å². The number of halogens is 1. The molecule has 0 spiro atoms. The lowest BCUT2D eigenvalue weighted by molar-refractivity contribution is -0.128. The number of carbonyl (C=O) groups is 1. The van der Waals surface area contributed by atoms with E-state index in [-0.39, 0.29) is 17.7 Å². The van der Waals surface area contributed by atoms with Gasteiger partial charge in [0.2, 0.25) is 0 Å². The second-order valence-electron chi connectivity index (χ2n) is 9.46. The van der Waals surface area contributed by atoms with Crippen molar-refractivity contribution in [2.75, 3.05) is 0 Å². The molecule has 0 aliphatic heterocycles. The van der Waals surface area contributed by atoms with Crippen molar-refractivity contribution in [1.82, 2.24) is 19.9 Å². The van der Waals surface area contributed by atoms with Gasteiger partial charge in [-0.3, -0.25) is 4.79 Å². The van der Waals surface area contributed by atoms with Crippen LogP contribution in [-0.4, -0.2) is 25.7 Å². The van der Waals surface area contributed by atoms with E-state index < -0.39 is 5.41 Å². The number of aromatic amines is 1. The Hall–Kier alpha value is -3.41. The second-order valence-corrected chi connectivity index (χ2v) is 9.46. The molecule has 3 atom stereocenters. The Morgan fingerprint density at radius 3 is 2.73 bits per heavy atom. The van der Waals surface area contributed by atoms with Crippen LogP contribution in [0.2, 0.25) is 0 Å². The fraction of sp³-hybridized carbons (Fsp3) is 0.333. The van der Waals surface area contributed by atoms with Gasteiger partial charge in [0, 0.05) is 28.9 Å². The van der Waals surface area contributed by atoms with Gasteiger partial charge in [-0.1, -0.05) is 25.1 Å². The van der Waals surface area contributed by atoms with E-state index in [9.17, 15) is 9.18 Å². The molecule has 33 heavy (non-hydrogen) atoms. The molecule has 1 N–H and O–H groups in total. The minimum atomic E-state index is -0.421. The first-order chi connectivity index (χ1) is 16.0. The number of hydrogen-bond donors (Lipinski definition) is 1. The molecule has 2 aliphatic rings. The average molecular weight is 441 g/mol. The van der Waals surface area contributed by atoms with E-state index in [2.05, 4.69) is 29.0 Å². The van der Waals surface area contributed by atoms with Crippen LogP contribution in [0.4, 0.5) is 4.39 Å². The SMILES string of the molecule is Cc1nc(-c2ccc3nc[nH]c3c2)c2c(n1)[C@@]1(c3ccc(F)cc3)CCC(=O)[C@@H](C)[C@@H]1CC2. The normalized spacial score (nSPS) is 24.5. The largest absolute Gasteiger partial charge is 0.345 e. The van der Waals surface area contributed by atoms with Crippen LogP contribution in [0.15, 0.2) is 48.8 Å². The molecule has 2 aromatic heterocycles. The summed E-state index contributed by atoms with van der Waals surface area (Å²) in [4.78, 5) is 30.2. The number of H-pyrrole nitrogens is 1. The van der Waals surface area contributed by atoms with Crippen LogP contribution < -0.4 is 0 Å². The molecule has 4 aromatic rings. The average Bonchev–Trinajstić information content (AvgIpc) is 3.29. The van der Waals surface area contributed by atoms with Gasteiger partial charge in [0.15, 0.2) is 0 Å². The number of ketones is 1. The topological polar surface area (TPSA) is 71.5 Å². The Kier molecular flexibility index (Phi) is 4.47. The Morgan fingerprint density at radius 2 is 1.91 bits per heavy atom. The summed E-state index contributed by atoms with van der Waals surface area (Å²) in [5.74, 6) is 0.845. The lowest BCUT2D eigenvalue weighted by Gasteiger charge is -2.50.